The quantitative estimate of drug-likeness (QED) is 0.173. The number of aromatic nitrogens is 2. The molecule has 1 fully saturated rings. The smallest absolute Gasteiger partial charge is 0.241 e. The van der Waals surface area contributed by atoms with Gasteiger partial charge in [-0.05, 0) is 48.4 Å². The number of nitrogens with zero attached hydrogens (tertiary/aromatic N) is 2. The van der Waals surface area contributed by atoms with Gasteiger partial charge in [-0.25, -0.2) is 18.6 Å². The van der Waals surface area contributed by atoms with Gasteiger partial charge in [-0.1, -0.05) is 34.5 Å². The van der Waals surface area contributed by atoms with E-state index in [9.17, 15) is 23.6 Å². The van der Waals surface area contributed by atoms with Gasteiger partial charge in [0, 0.05) is 22.9 Å². The first-order chi connectivity index (χ1) is 20.3. The topological polar surface area (TPSA) is 143 Å². The number of amides is 1. The van der Waals surface area contributed by atoms with E-state index in [-0.39, 0.29) is 30.5 Å². The molecule has 220 valence electrons. The number of anilines is 3. The molecule has 1 aromatic heterocycles. The zero-order valence-electron chi connectivity index (χ0n) is 22.0. The molecule has 14 heteroatoms. The largest absolute Gasteiger partial charge is 0.489 e. The first-order valence-corrected chi connectivity index (χ1v) is 15.9. The third-order valence-electron chi connectivity index (χ3n) is 6.22. The molecule has 4 N–H and O–H groups in total. The molecule has 3 atom stereocenters. The highest BCUT2D eigenvalue weighted by Crippen LogP contribution is 2.36. The second-order valence-corrected chi connectivity index (χ2v) is 13.1. The first-order valence-electron chi connectivity index (χ1n) is 12.8. The molecule has 42 heavy (non-hydrogen) atoms. The van der Waals surface area contributed by atoms with Gasteiger partial charge in [-0.15, -0.1) is 0 Å². The summed E-state index contributed by atoms with van der Waals surface area (Å²) in [7, 11) is -0.115. The molecule has 10 nitrogen and oxygen atoms in total. The summed E-state index contributed by atoms with van der Waals surface area (Å²) in [4.78, 5) is 21.6. The van der Waals surface area contributed by atoms with Gasteiger partial charge < -0.3 is 30.3 Å². The summed E-state index contributed by atoms with van der Waals surface area (Å²) in [6, 6.07) is 14.4. The lowest BCUT2D eigenvalue weighted by Crippen LogP contribution is -2.28. The number of aliphatic hydroxyl groups is 2. The van der Waals surface area contributed by atoms with Crippen molar-refractivity contribution in [3.63, 3.8) is 0 Å². The monoisotopic (exact) mass is 632 g/mol. The molecule has 1 aliphatic heterocycles. The standard InChI is InChI=1S/C28H26ClFN4O6S2/c29-21-9-18(4-5-24(21)39-13-16-2-1-3-17(30)8-16)33-27-20-10-23(34-28(37)26-6-7-41-42(26)38)25(40-14-19(36)12-35)11-22(20)31-15-32-27/h1-5,8-11,15,19,26,35-36H,6-7,12-14H2,(H,34,37)(H,31,32,33). The van der Waals surface area contributed by atoms with E-state index in [0.717, 1.165) is 0 Å². The minimum Gasteiger partial charge on any atom is -0.489 e. The summed E-state index contributed by atoms with van der Waals surface area (Å²) >= 11 is 6.46. The first kappa shape index (κ1) is 30.0. The van der Waals surface area contributed by atoms with Gasteiger partial charge in [0.05, 0.1) is 32.7 Å². The zero-order chi connectivity index (χ0) is 29.6. The summed E-state index contributed by atoms with van der Waals surface area (Å²) in [6.45, 7) is -0.582. The van der Waals surface area contributed by atoms with Crippen molar-refractivity contribution in [2.75, 3.05) is 29.6 Å². The normalized spacial score (nSPS) is 17.1. The van der Waals surface area contributed by atoms with Crippen LogP contribution in [0.5, 0.6) is 11.5 Å². The molecule has 0 spiro atoms. The minimum absolute atomic E-state index is 0.141. The van der Waals surface area contributed by atoms with Gasteiger partial charge in [0.15, 0.2) is 0 Å². The van der Waals surface area contributed by atoms with Crippen LogP contribution in [-0.2, 0) is 21.2 Å². The summed E-state index contributed by atoms with van der Waals surface area (Å²) in [5, 5.41) is 25.2. The Bertz CT molecular complexity index is 1630. The number of nitrogens with one attached hydrogen (secondary N) is 2. The van der Waals surface area contributed by atoms with Crippen LogP contribution in [0.2, 0.25) is 5.02 Å². The number of rotatable bonds is 11. The predicted octanol–water partition coefficient (Wildman–Crippen LogP) is 4.58. The van der Waals surface area contributed by atoms with E-state index in [2.05, 4.69) is 20.6 Å². The van der Waals surface area contributed by atoms with E-state index in [1.165, 1.54) is 29.3 Å². The van der Waals surface area contributed by atoms with Crippen molar-refractivity contribution in [2.45, 2.75) is 24.4 Å². The fourth-order valence-electron chi connectivity index (χ4n) is 4.11. The van der Waals surface area contributed by atoms with Crippen molar-refractivity contribution in [1.29, 1.82) is 0 Å². The number of halogens is 2. The number of aliphatic hydroxyl groups excluding tert-OH is 2. The van der Waals surface area contributed by atoms with Gasteiger partial charge in [0.1, 0.15) is 54.0 Å². The highest BCUT2D eigenvalue weighted by molar-refractivity contribution is 8.70. The Labute approximate surface area is 251 Å². The molecule has 0 saturated carbocycles. The number of hydrogen-bond acceptors (Lipinski definition) is 10. The molecule has 3 aromatic carbocycles. The van der Waals surface area contributed by atoms with Gasteiger partial charge in [0.2, 0.25) is 5.91 Å². The Morgan fingerprint density at radius 2 is 2.02 bits per heavy atom. The fourth-order valence-corrected chi connectivity index (χ4v) is 7.52. The number of hydrogen-bond donors (Lipinski definition) is 4. The van der Waals surface area contributed by atoms with E-state index in [4.69, 9.17) is 21.1 Å². The molecule has 0 aliphatic carbocycles. The Balaban J connectivity index is 1.39. The Morgan fingerprint density at radius 3 is 2.76 bits per heavy atom. The molecule has 0 radical (unpaired) electrons. The second kappa shape index (κ2) is 13.7. The van der Waals surface area contributed by atoms with Crippen LogP contribution in [-0.4, -0.2) is 60.6 Å². The Hall–Kier alpha value is -3.49. The average molecular weight is 633 g/mol. The van der Waals surface area contributed by atoms with Gasteiger partial charge in [0.25, 0.3) is 0 Å². The van der Waals surface area contributed by atoms with Gasteiger partial charge in [-0.3, -0.25) is 4.79 Å². The number of carbonyl (C=O) groups excluding carboxylic acids is 1. The molecule has 1 aliphatic rings. The summed E-state index contributed by atoms with van der Waals surface area (Å²) in [5.41, 5.74) is 1.99. The van der Waals surface area contributed by atoms with Crippen LogP contribution >= 0.6 is 22.4 Å². The van der Waals surface area contributed by atoms with Crippen LogP contribution in [0.4, 0.5) is 21.6 Å². The lowest BCUT2D eigenvalue weighted by molar-refractivity contribution is -0.115. The Kier molecular flexibility index (Phi) is 9.75. The lowest BCUT2D eigenvalue weighted by atomic mass is 10.1. The SMILES string of the molecule is O=C(Nc1cc2c(Nc3ccc(OCc4cccc(F)c4)c(Cl)c3)ncnc2cc1OCC(O)CO)C1CCSS1=O. The molecular weight excluding hydrogens is 607 g/mol. The third-order valence-corrected chi connectivity index (χ3v) is 9.96. The van der Waals surface area contributed by atoms with Crippen LogP contribution in [0, 0.1) is 5.82 Å². The maximum atomic E-state index is 13.5. The third kappa shape index (κ3) is 7.28. The van der Waals surface area contributed by atoms with E-state index < -0.39 is 33.7 Å². The molecule has 5 rings (SSSR count). The summed E-state index contributed by atoms with van der Waals surface area (Å²) < 4.78 is 37.2. The number of benzene rings is 3. The summed E-state index contributed by atoms with van der Waals surface area (Å²) in [5.74, 6) is 0.883. The van der Waals surface area contributed by atoms with Crippen molar-refractivity contribution in [3.8, 4) is 11.5 Å². The van der Waals surface area contributed by atoms with Crippen molar-refractivity contribution in [2.24, 2.45) is 0 Å². The van der Waals surface area contributed by atoms with Gasteiger partial charge in [-0.2, -0.15) is 0 Å². The lowest BCUT2D eigenvalue weighted by Gasteiger charge is -2.17. The van der Waals surface area contributed by atoms with Crippen molar-refractivity contribution in [3.05, 3.63) is 77.3 Å². The average Bonchev–Trinajstić information content (AvgIpc) is 3.41. The van der Waals surface area contributed by atoms with Crippen molar-refractivity contribution < 1.29 is 33.1 Å². The Morgan fingerprint density at radius 1 is 1.17 bits per heavy atom. The highest BCUT2D eigenvalue weighted by atomic mass is 35.5. The highest BCUT2D eigenvalue weighted by Gasteiger charge is 2.31. The maximum Gasteiger partial charge on any atom is 0.241 e. The fraction of sp³-hybridized carbons (Fsp3) is 0.250. The van der Waals surface area contributed by atoms with E-state index in [1.54, 1.807) is 42.5 Å². The van der Waals surface area contributed by atoms with Crippen LogP contribution in [0.3, 0.4) is 0 Å². The van der Waals surface area contributed by atoms with Crippen LogP contribution in [0.25, 0.3) is 10.9 Å². The van der Waals surface area contributed by atoms with E-state index in [1.807, 2.05) is 0 Å². The van der Waals surface area contributed by atoms with Crippen molar-refractivity contribution in [1.82, 2.24) is 9.97 Å². The zero-order valence-corrected chi connectivity index (χ0v) is 24.3. The minimum atomic E-state index is -1.35. The second-order valence-electron chi connectivity index (χ2n) is 9.27. The molecule has 4 aromatic rings. The molecule has 0 bridgehead atoms. The molecule has 1 amide bonds. The number of carbonyl (C=O) groups is 1. The van der Waals surface area contributed by atoms with Crippen LogP contribution in [0.15, 0.2) is 60.9 Å². The van der Waals surface area contributed by atoms with Crippen molar-refractivity contribution >= 4 is 66.2 Å². The molecule has 3 unspecified atom stereocenters. The van der Waals surface area contributed by atoms with E-state index >= 15 is 0 Å². The van der Waals surface area contributed by atoms with Crippen LogP contribution < -0.4 is 20.1 Å². The summed E-state index contributed by atoms with van der Waals surface area (Å²) in [6.07, 6.45) is 0.706. The molecule has 1 saturated heterocycles. The predicted molar refractivity (Wildman–Crippen MR) is 161 cm³/mol. The number of fused-ring (bicyclic) bond motifs is 1. The van der Waals surface area contributed by atoms with Gasteiger partial charge >= 0.3 is 0 Å². The maximum absolute atomic E-state index is 13.5. The number of ether oxygens (including phenoxy) is 2. The van der Waals surface area contributed by atoms with E-state index in [0.29, 0.717) is 50.9 Å². The molecule has 2 heterocycles. The van der Waals surface area contributed by atoms with Crippen LogP contribution in [0.1, 0.15) is 12.0 Å². The molecular formula is C28H26ClFN4O6S2.